The summed E-state index contributed by atoms with van der Waals surface area (Å²) < 4.78 is 5.12. The fourth-order valence-electron chi connectivity index (χ4n) is 2.14. The van der Waals surface area contributed by atoms with Crippen LogP contribution in [0.25, 0.3) is 0 Å². The van der Waals surface area contributed by atoms with Crippen molar-refractivity contribution < 1.29 is 19.4 Å². The van der Waals surface area contributed by atoms with Gasteiger partial charge in [0.1, 0.15) is 0 Å². The molecule has 0 aromatic rings. The van der Waals surface area contributed by atoms with Crippen LogP contribution < -0.4 is 5.32 Å². The van der Waals surface area contributed by atoms with Crippen LogP contribution in [-0.2, 0) is 9.53 Å². The first-order valence-corrected chi connectivity index (χ1v) is 6.45. The van der Waals surface area contributed by atoms with Gasteiger partial charge in [-0.3, -0.25) is 0 Å². The smallest absolute Gasteiger partial charge is 0.332 e. The van der Waals surface area contributed by atoms with Gasteiger partial charge in [0.05, 0.1) is 6.61 Å². The number of urea groups is 1. The lowest BCUT2D eigenvalue weighted by molar-refractivity contribution is -0.144. The molecule has 2 N–H and O–H groups in total. The number of nitrogens with zero attached hydrogens (tertiary/aromatic N) is 1. The second-order valence-electron chi connectivity index (χ2n) is 5.10. The Morgan fingerprint density at radius 1 is 1.50 bits per heavy atom. The molecule has 1 aliphatic heterocycles. The summed E-state index contributed by atoms with van der Waals surface area (Å²) in [6.07, 6.45) is 2.66. The molecule has 2 rings (SSSR count). The summed E-state index contributed by atoms with van der Waals surface area (Å²) in [6.45, 7) is 3.65. The Hall–Kier alpha value is -1.30. The van der Waals surface area contributed by atoms with E-state index < -0.39 is 11.5 Å². The Labute approximate surface area is 106 Å². The first-order valence-electron chi connectivity index (χ1n) is 6.45. The third-order valence-corrected chi connectivity index (χ3v) is 3.62. The van der Waals surface area contributed by atoms with Gasteiger partial charge in [0.15, 0.2) is 5.54 Å². The van der Waals surface area contributed by atoms with E-state index in [9.17, 15) is 14.7 Å². The standard InChI is InChI=1S/C12H20N2O4/c1-2-14(7-9-3-4-9)11(17)13-12(10(15)16)5-6-18-8-12/h9H,2-8H2,1H3,(H,13,17)(H,15,16). The van der Waals surface area contributed by atoms with Gasteiger partial charge in [-0.25, -0.2) is 9.59 Å². The van der Waals surface area contributed by atoms with Crippen molar-refractivity contribution in [1.82, 2.24) is 10.2 Å². The Balaban J connectivity index is 1.96. The topological polar surface area (TPSA) is 78.9 Å². The summed E-state index contributed by atoms with van der Waals surface area (Å²) in [5, 5.41) is 11.9. The molecule has 0 aromatic heterocycles. The second kappa shape index (κ2) is 5.14. The van der Waals surface area contributed by atoms with Crippen molar-refractivity contribution >= 4 is 12.0 Å². The minimum absolute atomic E-state index is 0.0507. The minimum Gasteiger partial charge on any atom is -0.479 e. The predicted molar refractivity (Wildman–Crippen MR) is 64.3 cm³/mol. The Morgan fingerprint density at radius 2 is 2.22 bits per heavy atom. The van der Waals surface area contributed by atoms with Gasteiger partial charge in [-0.1, -0.05) is 0 Å². The van der Waals surface area contributed by atoms with Crippen LogP contribution in [0.2, 0.25) is 0 Å². The maximum atomic E-state index is 12.1. The molecule has 1 heterocycles. The summed E-state index contributed by atoms with van der Waals surface area (Å²) >= 11 is 0. The van der Waals surface area contributed by atoms with Gasteiger partial charge < -0.3 is 20.1 Å². The number of ether oxygens (including phenoxy) is 1. The molecule has 1 unspecified atom stereocenters. The molecule has 1 atom stereocenters. The molecule has 0 radical (unpaired) electrons. The second-order valence-corrected chi connectivity index (χ2v) is 5.10. The van der Waals surface area contributed by atoms with Gasteiger partial charge in [0.25, 0.3) is 0 Å². The van der Waals surface area contributed by atoms with Crippen LogP contribution in [0.1, 0.15) is 26.2 Å². The molecule has 0 bridgehead atoms. The SMILES string of the molecule is CCN(CC1CC1)C(=O)NC1(C(=O)O)CCOC1. The summed E-state index contributed by atoms with van der Waals surface area (Å²) in [5.41, 5.74) is -1.24. The highest BCUT2D eigenvalue weighted by atomic mass is 16.5. The molecule has 2 aliphatic rings. The summed E-state index contributed by atoms with van der Waals surface area (Å²) in [5.74, 6) is -0.424. The number of hydrogen-bond acceptors (Lipinski definition) is 3. The van der Waals surface area contributed by atoms with Crippen molar-refractivity contribution in [2.24, 2.45) is 5.92 Å². The number of carboxylic acids is 1. The summed E-state index contributed by atoms with van der Waals surface area (Å²) in [4.78, 5) is 25.1. The summed E-state index contributed by atoms with van der Waals surface area (Å²) in [6, 6.07) is -0.294. The van der Waals surface area contributed by atoms with E-state index in [1.165, 1.54) is 0 Å². The van der Waals surface area contributed by atoms with E-state index >= 15 is 0 Å². The van der Waals surface area contributed by atoms with Crippen LogP contribution in [0.5, 0.6) is 0 Å². The highest BCUT2D eigenvalue weighted by Gasteiger charge is 2.44. The van der Waals surface area contributed by atoms with E-state index in [2.05, 4.69) is 5.32 Å². The first kappa shape index (κ1) is 13.1. The monoisotopic (exact) mass is 256 g/mol. The quantitative estimate of drug-likeness (QED) is 0.758. The van der Waals surface area contributed by atoms with Gasteiger partial charge >= 0.3 is 12.0 Å². The van der Waals surface area contributed by atoms with Crippen molar-refractivity contribution in [2.45, 2.75) is 31.7 Å². The lowest BCUT2D eigenvalue weighted by Gasteiger charge is -2.28. The molecule has 18 heavy (non-hydrogen) atoms. The van der Waals surface area contributed by atoms with Crippen LogP contribution in [0, 0.1) is 5.92 Å². The number of rotatable bonds is 5. The summed E-state index contributed by atoms with van der Waals surface area (Å²) in [7, 11) is 0. The molecule has 0 spiro atoms. The van der Waals surface area contributed by atoms with Crippen LogP contribution in [0.4, 0.5) is 4.79 Å². The zero-order valence-electron chi connectivity index (χ0n) is 10.6. The van der Waals surface area contributed by atoms with Crippen LogP contribution in [0.3, 0.4) is 0 Å². The maximum Gasteiger partial charge on any atom is 0.332 e. The third kappa shape index (κ3) is 2.75. The fourth-order valence-corrected chi connectivity index (χ4v) is 2.14. The van der Waals surface area contributed by atoms with Crippen molar-refractivity contribution in [3.8, 4) is 0 Å². The molecular formula is C12H20N2O4. The molecule has 1 saturated heterocycles. The molecule has 1 aliphatic carbocycles. The number of carboxylic acid groups (broad SMARTS) is 1. The van der Waals surface area contributed by atoms with Crippen molar-refractivity contribution in [3.63, 3.8) is 0 Å². The number of aliphatic carboxylic acids is 1. The fraction of sp³-hybridized carbons (Fsp3) is 0.833. The van der Waals surface area contributed by atoms with Crippen molar-refractivity contribution in [2.75, 3.05) is 26.3 Å². The third-order valence-electron chi connectivity index (χ3n) is 3.62. The zero-order chi connectivity index (χ0) is 13.2. The number of nitrogens with one attached hydrogen (secondary N) is 1. The van der Waals surface area contributed by atoms with E-state index in [0.717, 1.165) is 19.4 Å². The number of carbonyl (C=O) groups is 2. The molecular weight excluding hydrogens is 236 g/mol. The molecule has 0 aromatic carbocycles. The van der Waals surface area contributed by atoms with Crippen molar-refractivity contribution in [1.29, 1.82) is 0 Å². The van der Waals surface area contributed by atoms with Gasteiger partial charge in [0, 0.05) is 26.1 Å². The Kier molecular flexibility index (Phi) is 3.75. The predicted octanol–water partition coefficient (Wildman–Crippen LogP) is 0.672. The lowest BCUT2D eigenvalue weighted by Crippen LogP contribution is -2.58. The van der Waals surface area contributed by atoms with E-state index in [-0.39, 0.29) is 12.6 Å². The molecule has 6 heteroatoms. The Bertz CT molecular complexity index is 335. The lowest BCUT2D eigenvalue weighted by atomic mass is 9.99. The van der Waals surface area contributed by atoms with Gasteiger partial charge in [-0.15, -0.1) is 0 Å². The van der Waals surface area contributed by atoms with Crippen LogP contribution in [-0.4, -0.2) is 53.8 Å². The van der Waals surface area contributed by atoms with Gasteiger partial charge in [0.2, 0.25) is 0 Å². The largest absolute Gasteiger partial charge is 0.479 e. The average molecular weight is 256 g/mol. The van der Waals surface area contributed by atoms with Gasteiger partial charge in [-0.2, -0.15) is 0 Å². The molecule has 1 saturated carbocycles. The van der Waals surface area contributed by atoms with Crippen LogP contribution >= 0.6 is 0 Å². The number of carbonyl (C=O) groups excluding carboxylic acids is 1. The highest BCUT2D eigenvalue weighted by molar-refractivity contribution is 5.86. The van der Waals surface area contributed by atoms with Crippen LogP contribution in [0.15, 0.2) is 0 Å². The molecule has 2 amide bonds. The minimum atomic E-state index is -1.24. The molecule has 6 nitrogen and oxygen atoms in total. The van der Waals surface area contributed by atoms with E-state index in [1.54, 1.807) is 4.90 Å². The van der Waals surface area contributed by atoms with E-state index in [1.807, 2.05) is 6.92 Å². The Morgan fingerprint density at radius 3 is 2.67 bits per heavy atom. The first-order chi connectivity index (χ1) is 8.57. The maximum absolute atomic E-state index is 12.1. The number of hydrogen-bond donors (Lipinski definition) is 2. The van der Waals surface area contributed by atoms with Crippen molar-refractivity contribution in [3.05, 3.63) is 0 Å². The van der Waals surface area contributed by atoms with Gasteiger partial charge in [-0.05, 0) is 25.7 Å². The molecule has 2 fully saturated rings. The van der Waals surface area contributed by atoms with E-state index in [0.29, 0.717) is 25.5 Å². The zero-order valence-corrected chi connectivity index (χ0v) is 10.6. The number of amides is 2. The normalized spacial score (nSPS) is 26.9. The molecule has 102 valence electrons. The average Bonchev–Trinajstić information content (AvgIpc) is 3.03. The highest BCUT2D eigenvalue weighted by Crippen LogP contribution is 2.30. The van der Waals surface area contributed by atoms with E-state index in [4.69, 9.17) is 4.74 Å².